The van der Waals surface area contributed by atoms with E-state index in [0.717, 1.165) is 0 Å². The number of allylic oxidation sites excluding steroid dienone is 2. The molecule has 9 heteroatoms. The maximum Gasteiger partial charge on any atom is 0.266 e. The van der Waals surface area contributed by atoms with Gasteiger partial charge in [-0.15, -0.1) is 11.3 Å². The summed E-state index contributed by atoms with van der Waals surface area (Å²) in [5.41, 5.74) is 1.60. The van der Waals surface area contributed by atoms with Crippen LogP contribution in [-0.2, 0) is 0 Å². The Bertz CT molecular complexity index is 1210. The lowest BCUT2D eigenvalue weighted by Gasteiger charge is -2.21. The average molecular weight is 510 g/mol. The highest BCUT2D eigenvalue weighted by atomic mass is 35.5. The van der Waals surface area contributed by atoms with Crippen LogP contribution < -0.4 is 9.64 Å². The highest BCUT2D eigenvalue weighted by Gasteiger charge is 2.27. The fourth-order valence-corrected chi connectivity index (χ4v) is 4.52. The number of ketones is 1. The summed E-state index contributed by atoms with van der Waals surface area (Å²) in [6, 6.07) is 9.52. The van der Waals surface area contributed by atoms with Gasteiger partial charge in [0.25, 0.3) is 5.91 Å². The average Bonchev–Trinajstić information content (AvgIpc) is 3.25. The summed E-state index contributed by atoms with van der Waals surface area (Å²) < 4.78 is 5.31. The number of benzene rings is 2. The maximum atomic E-state index is 13.6. The van der Waals surface area contributed by atoms with Crippen molar-refractivity contribution >= 4 is 68.6 Å². The molecule has 5 nitrogen and oxygen atoms in total. The molecule has 0 radical (unpaired) electrons. The number of thiazole rings is 1. The SMILES string of the molecule is C/C=C(/CC)C(=O)c1csc(N(C(=O)c2ccc(Cl)cc2Cl)c2ccc(Cl)c(OC)c2)n1. The molecular formula is C23H19Cl3N2O3S. The van der Waals surface area contributed by atoms with Gasteiger partial charge in [-0.2, -0.15) is 0 Å². The second-order valence-corrected chi connectivity index (χ2v) is 8.68. The van der Waals surface area contributed by atoms with E-state index in [4.69, 9.17) is 39.5 Å². The predicted octanol–water partition coefficient (Wildman–Crippen LogP) is 7.63. The van der Waals surface area contributed by atoms with E-state index in [1.54, 1.807) is 41.8 Å². The van der Waals surface area contributed by atoms with E-state index in [2.05, 4.69) is 4.98 Å². The normalized spacial score (nSPS) is 11.4. The molecule has 32 heavy (non-hydrogen) atoms. The lowest BCUT2D eigenvalue weighted by molar-refractivity contribution is 0.0994. The van der Waals surface area contributed by atoms with Gasteiger partial charge in [0.05, 0.1) is 28.4 Å². The molecule has 0 atom stereocenters. The number of hydrogen-bond acceptors (Lipinski definition) is 5. The molecule has 1 amide bonds. The molecule has 0 unspecified atom stereocenters. The number of methoxy groups -OCH3 is 1. The molecule has 166 valence electrons. The third-order valence-corrected chi connectivity index (χ3v) is 6.38. The van der Waals surface area contributed by atoms with Gasteiger partial charge in [0, 0.05) is 16.5 Å². The Morgan fingerprint density at radius 3 is 2.50 bits per heavy atom. The van der Waals surface area contributed by atoms with E-state index < -0.39 is 5.91 Å². The van der Waals surface area contributed by atoms with Gasteiger partial charge in [0.2, 0.25) is 5.78 Å². The Balaban J connectivity index is 2.13. The Hall–Kier alpha value is -2.38. The number of aromatic nitrogens is 1. The van der Waals surface area contributed by atoms with Gasteiger partial charge in [-0.05, 0) is 49.2 Å². The smallest absolute Gasteiger partial charge is 0.266 e. The largest absolute Gasteiger partial charge is 0.495 e. The van der Waals surface area contributed by atoms with Crippen LogP contribution in [0.3, 0.4) is 0 Å². The van der Waals surface area contributed by atoms with Crippen LogP contribution in [0.4, 0.5) is 10.8 Å². The Morgan fingerprint density at radius 1 is 1.12 bits per heavy atom. The second kappa shape index (κ2) is 10.5. The highest BCUT2D eigenvalue weighted by Crippen LogP contribution is 2.37. The predicted molar refractivity (Wildman–Crippen MR) is 131 cm³/mol. The molecule has 0 N–H and O–H groups in total. The number of rotatable bonds is 7. The lowest BCUT2D eigenvalue weighted by atomic mass is 10.1. The minimum absolute atomic E-state index is 0.178. The van der Waals surface area contributed by atoms with Gasteiger partial charge in [-0.3, -0.25) is 14.5 Å². The summed E-state index contributed by atoms with van der Waals surface area (Å²) in [6.45, 7) is 3.71. The van der Waals surface area contributed by atoms with Crippen molar-refractivity contribution in [3.05, 3.63) is 79.8 Å². The van der Waals surface area contributed by atoms with Crippen molar-refractivity contribution in [3.63, 3.8) is 0 Å². The summed E-state index contributed by atoms with van der Waals surface area (Å²) in [7, 11) is 1.48. The number of Topliss-reactive ketones (excluding diaryl/α,β-unsaturated/α-hetero) is 1. The number of ether oxygens (including phenoxy) is 1. The topological polar surface area (TPSA) is 59.5 Å². The molecule has 3 aromatic rings. The van der Waals surface area contributed by atoms with Crippen LogP contribution in [0.2, 0.25) is 15.1 Å². The van der Waals surface area contributed by atoms with Gasteiger partial charge in [-0.25, -0.2) is 4.98 Å². The van der Waals surface area contributed by atoms with Gasteiger partial charge >= 0.3 is 0 Å². The Kier molecular flexibility index (Phi) is 7.96. The summed E-state index contributed by atoms with van der Waals surface area (Å²) >= 11 is 19.6. The van der Waals surface area contributed by atoms with Gasteiger partial charge < -0.3 is 4.74 Å². The van der Waals surface area contributed by atoms with Gasteiger partial charge in [-0.1, -0.05) is 47.8 Å². The van der Waals surface area contributed by atoms with Crippen LogP contribution in [0.25, 0.3) is 0 Å². The van der Waals surface area contributed by atoms with Crippen LogP contribution in [0.1, 0.15) is 41.1 Å². The molecule has 0 aliphatic rings. The first kappa shape index (κ1) is 24.3. The molecule has 0 aliphatic carbocycles. The summed E-state index contributed by atoms with van der Waals surface area (Å²) in [6.07, 6.45) is 2.35. The van der Waals surface area contributed by atoms with E-state index in [1.807, 2.05) is 13.8 Å². The zero-order valence-electron chi connectivity index (χ0n) is 17.5. The van der Waals surface area contributed by atoms with E-state index in [0.29, 0.717) is 38.6 Å². The van der Waals surface area contributed by atoms with Crippen molar-refractivity contribution in [1.82, 2.24) is 4.98 Å². The van der Waals surface area contributed by atoms with Crippen molar-refractivity contribution in [2.75, 3.05) is 12.0 Å². The standard InChI is InChI=1S/C23H19Cl3N2O3S/c1-4-13(5-2)21(29)19-12-32-23(27-19)28(15-7-9-17(25)20(11-15)31-3)22(30)16-8-6-14(24)10-18(16)26/h4,6-12H,5H2,1-3H3/b13-4-. The third kappa shape index (κ3) is 4.99. The zero-order valence-corrected chi connectivity index (χ0v) is 20.6. The number of nitrogens with zero attached hydrogens (tertiary/aromatic N) is 2. The molecule has 1 aromatic heterocycles. The second-order valence-electron chi connectivity index (χ2n) is 6.60. The van der Waals surface area contributed by atoms with E-state index >= 15 is 0 Å². The summed E-state index contributed by atoms with van der Waals surface area (Å²) in [5, 5.41) is 2.94. The van der Waals surface area contributed by atoms with Crippen molar-refractivity contribution < 1.29 is 14.3 Å². The quantitative estimate of drug-likeness (QED) is 0.243. The molecule has 0 fully saturated rings. The van der Waals surface area contributed by atoms with Crippen LogP contribution in [0.15, 0.2) is 53.4 Å². The zero-order chi connectivity index (χ0) is 23.4. The molecule has 0 spiro atoms. The maximum absolute atomic E-state index is 13.6. The number of amides is 1. The number of hydrogen-bond donors (Lipinski definition) is 0. The van der Waals surface area contributed by atoms with Crippen molar-refractivity contribution in [3.8, 4) is 5.75 Å². The number of carbonyl (C=O) groups excluding carboxylic acids is 2. The molecule has 3 rings (SSSR count). The molecule has 0 saturated carbocycles. The Labute approximate surface area is 205 Å². The first-order valence-corrected chi connectivity index (χ1v) is 11.6. The van der Waals surface area contributed by atoms with E-state index in [9.17, 15) is 9.59 Å². The number of halogens is 3. The fraction of sp³-hybridized carbons (Fsp3) is 0.174. The third-order valence-electron chi connectivity index (χ3n) is 4.69. The van der Waals surface area contributed by atoms with Crippen LogP contribution >= 0.6 is 46.1 Å². The molecule has 1 heterocycles. The van der Waals surface area contributed by atoms with Crippen LogP contribution in [0, 0.1) is 0 Å². The number of carbonyl (C=O) groups is 2. The van der Waals surface area contributed by atoms with Gasteiger partial charge in [0.1, 0.15) is 11.4 Å². The number of anilines is 2. The lowest BCUT2D eigenvalue weighted by Crippen LogP contribution is -2.26. The van der Waals surface area contributed by atoms with Crippen molar-refractivity contribution in [2.45, 2.75) is 20.3 Å². The van der Waals surface area contributed by atoms with Gasteiger partial charge in [0.15, 0.2) is 5.13 Å². The molecule has 2 aromatic carbocycles. The minimum atomic E-state index is -0.439. The first-order valence-electron chi connectivity index (χ1n) is 9.59. The monoisotopic (exact) mass is 508 g/mol. The fourth-order valence-electron chi connectivity index (χ4n) is 3.02. The minimum Gasteiger partial charge on any atom is -0.495 e. The van der Waals surface area contributed by atoms with Crippen LogP contribution in [-0.4, -0.2) is 23.8 Å². The van der Waals surface area contributed by atoms with E-state index in [1.165, 1.54) is 29.4 Å². The summed E-state index contributed by atoms with van der Waals surface area (Å²) in [5.74, 6) is -0.228. The molecular weight excluding hydrogens is 491 g/mol. The molecule has 0 aliphatic heterocycles. The van der Waals surface area contributed by atoms with Crippen LogP contribution in [0.5, 0.6) is 5.75 Å². The highest BCUT2D eigenvalue weighted by molar-refractivity contribution is 7.14. The Morgan fingerprint density at radius 2 is 1.88 bits per heavy atom. The molecule has 0 saturated heterocycles. The first-order chi connectivity index (χ1) is 15.3. The van der Waals surface area contributed by atoms with Crippen molar-refractivity contribution in [2.24, 2.45) is 0 Å². The van der Waals surface area contributed by atoms with Crippen molar-refractivity contribution in [1.29, 1.82) is 0 Å². The van der Waals surface area contributed by atoms with E-state index in [-0.39, 0.29) is 22.1 Å². The summed E-state index contributed by atoms with van der Waals surface area (Å²) in [4.78, 5) is 32.2. The molecule has 0 bridgehead atoms.